The van der Waals surface area contributed by atoms with Crippen molar-refractivity contribution in [3.8, 4) is 0 Å². The van der Waals surface area contributed by atoms with E-state index in [1.807, 2.05) is 25.6 Å². The summed E-state index contributed by atoms with van der Waals surface area (Å²) in [5.41, 5.74) is 5.24. The van der Waals surface area contributed by atoms with Gasteiger partial charge in [-0.05, 0) is 5.92 Å². The molecule has 0 aliphatic carbocycles. The predicted octanol–water partition coefficient (Wildman–Crippen LogP) is 0.255. The molecule has 16 heavy (non-hydrogen) atoms. The molecule has 1 saturated heterocycles. The summed E-state index contributed by atoms with van der Waals surface area (Å²) in [5.74, 6) is 1.45. The summed E-state index contributed by atoms with van der Waals surface area (Å²) in [4.78, 5) is 24.7. The van der Waals surface area contributed by atoms with E-state index in [1.54, 1.807) is 4.90 Å². The third kappa shape index (κ3) is 3.59. The van der Waals surface area contributed by atoms with Crippen LogP contribution in [-0.2, 0) is 4.79 Å². The second-order valence-electron chi connectivity index (χ2n) is 4.17. The van der Waals surface area contributed by atoms with Gasteiger partial charge in [-0.15, -0.1) is 0 Å². The normalized spacial score (nSPS) is 18.3. The van der Waals surface area contributed by atoms with E-state index in [0.717, 1.165) is 24.6 Å². The molecule has 1 aliphatic rings. The van der Waals surface area contributed by atoms with Gasteiger partial charge in [-0.3, -0.25) is 4.79 Å². The van der Waals surface area contributed by atoms with Gasteiger partial charge < -0.3 is 16.0 Å². The maximum atomic E-state index is 11.8. The van der Waals surface area contributed by atoms with Crippen molar-refractivity contribution in [3.05, 3.63) is 0 Å². The minimum Gasteiger partial charge on any atom is -0.368 e. The second-order valence-corrected chi connectivity index (χ2v) is 5.40. The lowest BCUT2D eigenvalue weighted by atomic mass is 10.0. The van der Waals surface area contributed by atoms with E-state index in [4.69, 9.17) is 5.73 Å². The number of hydrogen-bond donors (Lipinski definition) is 2. The first-order valence-corrected chi connectivity index (χ1v) is 6.60. The van der Waals surface area contributed by atoms with Gasteiger partial charge in [-0.1, -0.05) is 13.8 Å². The molecule has 1 unspecified atom stereocenters. The molecule has 1 rings (SSSR count). The number of rotatable bonds is 3. The molecular formula is C10H19N3O2S. The topological polar surface area (TPSA) is 75.4 Å². The Morgan fingerprint density at radius 1 is 1.31 bits per heavy atom. The highest BCUT2D eigenvalue weighted by Gasteiger charge is 2.25. The summed E-state index contributed by atoms with van der Waals surface area (Å²) in [5, 5.41) is 2.69. The fourth-order valence-electron chi connectivity index (χ4n) is 1.56. The van der Waals surface area contributed by atoms with Gasteiger partial charge in [0.05, 0.1) is 0 Å². The van der Waals surface area contributed by atoms with Crippen molar-refractivity contribution in [1.29, 1.82) is 0 Å². The first-order valence-electron chi connectivity index (χ1n) is 5.45. The minimum atomic E-state index is -0.581. The fourth-order valence-corrected chi connectivity index (χ4v) is 2.46. The zero-order valence-corrected chi connectivity index (χ0v) is 10.5. The molecule has 3 N–H and O–H groups in total. The SMILES string of the molecule is CC(C)C(NC(=O)N1CCSCC1)C(N)=O. The number of carbonyl (C=O) groups is 2. The van der Waals surface area contributed by atoms with E-state index >= 15 is 0 Å². The first-order chi connectivity index (χ1) is 7.52. The number of amides is 3. The number of thioether (sulfide) groups is 1. The van der Waals surface area contributed by atoms with E-state index in [1.165, 1.54) is 0 Å². The van der Waals surface area contributed by atoms with Gasteiger partial charge >= 0.3 is 6.03 Å². The lowest BCUT2D eigenvalue weighted by Gasteiger charge is -2.29. The highest BCUT2D eigenvalue weighted by Crippen LogP contribution is 2.10. The zero-order chi connectivity index (χ0) is 12.1. The van der Waals surface area contributed by atoms with Gasteiger partial charge in [0.25, 0.3) is 0 Å². The van der Waals surface area contributed by atoms with Gasteiger partial charge in [0.1, 0.15) is 6.04 Å². The molecule has 5 nitrogen and oxygen atoms in total. The Kier molecular flexibility index (Phi) is 4.92. The monoisotopic (exact) mass is 245 g/mol. The second kappa shape index (κ2) is 5.98. The highest BCUT2D eigenvalue weighted by atomic mass is 32.2. The van der Waals surface area contributed by atoms with Crippen LogP contribution in [0.4, 0.5) is 4.79 Å². The molecular weight excluding hydrogens is 226 g/mol. The van der Waals surface area contributed by atoms with E-state index < -0.39 is 11.9 Å². The summed E-state index contributed by atoms with van der Waals surface area (Å²) in [6.45, 7) is 5.20. The predicted molar refractivity (Wildman–Crippen MR) is 65.3 cm³/mol. The highest BCUT2D eigenvalue weighted by molar-refractivity contribution is 7.99. The van der Waals surface area contributed by atoms with Crippen LogP contribution in [-0.4, -0.2) is 47.5 Å². The largest absolute Gasteiger partial charge is 0.368 e. The third-order valence-electron chi connectivity index (χ3n) is 2.55. The van der Waals surface area contributed by atoms with Crippen molar-refractivity contribution in [2.24, 2.45) is 11.7 Å². The quantitative estimate of drug-likeness (QED) is 0.748. The molecule has 0 radical (unpaired) electrons. The van der Waals surface area contributed by atoms with Crippen LogP contribution in [0.15, 0.2) is 0 Å². The molecule has 3 amide bonds. The Balaban J connectivity index is 2.50. The van der Waals surface area contributed by atoms with Gasteiger partial charge in [0.15, 0.2) is 0 Å². The van der Waals surface area contributed by atoms with Crippen LogP contribution in [0.2, 0.25) is 0 Å². The van der Waals surface area contributed by atoms with Crippen LogP contribution in [0.5, 0.6) is 0 Å². The van der Waals surface area contributed by atoms with Crippen LogP contribution < -0.4 is 11.1 Å². The van der Waals surface area contributed by atoms with E-state index in [9.17, 15) is 9.59 Å². The van der Waals surface area contributed by atoms with Gasteiger partial charge in [0.2, 0.25) is 5.91 Å². The summed E-state index contributed by atoms with van der Waals surface area (Å²) < 4.78 is 0. The Hall–Kier alpha value is -0.910. The average Bonchev–Trinajstić information content (AvgIpc) is 2.25. The van der Waals surface area contributed by atoms with E-state index in [2.05, 4.69) is 5.32 Å². The fraction of sp³-hybridized carbons (Fsp3) is 0.800. The van der Waals surface area contributed by atoms with Gasteiger partial charge in [-0.25, -0.2) is 4.79 Å². The molecule has 1 fully saturated rings. The van der Waals surface area contributed by atoms with Crippen LogP contribution in [0.25, 0.3) is 0 Å². The van der Waals surface area contributed by atoms with Crippen molar-refractivity contribution < 1.29 is 9.59 Å². The number of urea groups is 1. The summed E-state index contributed by atoms with van der Waals surface area (Å²) in [6, 6.07) is -0.764. The first kappa shape index (κ1) is 13.2. The molecule has 6 heteroatoms. The van der Waals surface area contributed by atoms with Crippen LogP contribution in [0.1, 0.15) is 13.8 Å². The Bertz CT molecular complexity index is 265. The van der Waals surface area contributed by atoms with Crippen molar-refractivity contribution in [3.63, 3.8) is 0 Å². The molecule has 0 aromatic carbocycles. The molecule has 0 aromatic rings. The Morgan fingerprint density at radius 3 is 2.31 bits per heavy atom. The zero-order valence-electron chi connectivity index (χ0n) is 9.73. The Morgan fingerprint density at radius 2 is 1.88 bits per heavy atom. The third-order valence-corrected chi connectivity index (χ3v) is 3.49. The molecule has 0 spiro atoms. The van der Waals surface area contributed by atoms with Crippen LogP contribution in [0, 0.1) is 5.92 Å². The number of nitrogens with zero attached hydrogens (tertiary/aromatic N) is 1. The van der Waals surface area contributed by atoms with Gasteiger partial charge in [0, 0.05) is 24.6 Å². The maximum Gasteiger partial charge on any atom is 0.318 e. The maximum absolute atomic E-state index is 11.8. The number of carbonyl (C=O) groups excluding carboxylic acids is 2. The number of nitrogens with one attached hydrogen (secondary N) is 1. The number of primary amides is 1. The van der Waals surface area contributed by atoms with Crippen LogP contribution >= 0.6 is 11.8 Å². The standard InChI is InChI=1S/C10H19N3O2S/c1-7(2)8(9(11)14)12-10(15)13-3-5-16-6-4-13/h7-8H,3-6H2,1-2H3,(H2,11,14)(H,12,15). The molecule has 1 aliphatic heterocycles. The molecule has 0 saturated carbocycles. The molecule has 0 aromatic heterocycles. The van der Waals surface area contributed by atoms with Crippen molar-refractivity contribution in [1.82, 2.24) is 10.2 Å². The lowest BCUT2D eigenvalue weighted by Crippen LogP contribution is -2.53. The lowest BCUT2D eigenvalue weighted by molar-refractivity contribution is -0.120. The van der Waals surface area contributed by atoms with Gasteiger partial charge in [-0.2, -0.15) is 11.8 Å². The summed E-state index contributed by atoms with van der Waals surface area (Å²) >= 11 is 1.83. The number of hydrogen-bond acceptors (Lipinski definition) is 3. The van der Waals surface area contributed by atoms with E-state index in [-0.39, 0.29) is 11.9 Å². The molecule has 0 bridgehead atoms. The van der Waals surface area contributed by atoms with Crippen LogP contribution in [0.3, 0.4) is 0 Å². The molecule has 1 atom stereocenters. The number of nitrogens with two attached hydrogens (primary N) is 1. The average molecular weight is 245 g/mol. The smallest absolute Gasteiger partial charge is 0.318 e. The van der Waals surface area contributed by atoms with E-state index in [0.29, 0.717) is 0 Å². The van der Waals surface area contributed by atoms with Crippen molar-refractivity contribution >= 4 is 23.7 Å². The van der Waals surface area contributed by atoms with Crippen molar-refractivity contribution in [2.45, 2.75) is 19.9 Å². The summed E-state index contributed by atoms with van der Waals surface area (Å²) in [6.07, 6.45) is 0. The minimum absolute atomic E-state index is 0.0145. The summed E-state index contributed by atoms with van der Waals surface area (Å²) in [7, 11) is 0. The molecule has 92 valence electrons. The Labute approximate surface area is 100 Å². The molecule has 1 heterocycles. The van der Waals surface area contributed by atoms with Crippen molar-refractivity contribution in [2.75, 3.05) is 24.6 Å².